The predicted octanol–water partition coefficient (Wildman–Crippen LogP) is 3.33. The number of aliphatic carboxylic acids is 1. The van der Waals surface area contributed by atoms with Gasteiger partial charge in [0.1, 0.15) is 17.9 Å². The molecule has 1 fully saturated rings. The molecular formula is C24H29N2O6P. The van der Waals surface area contributed by atoms with Crippen molar-refractivity contribution in [3.05, 3.63) is 71.8 Å². The maximum Gasteiger partial charge on any atom is 0.326 e. The first-order valence-electron chi connectivity index (χ1n) is 11.0. The number of amides is 2. The molecule has 0 bridgehead atoms. The van der Waals surface area contributed by atoms with Crippen LogP contribution in [0.15, 0.2) is 60.7 Å². The molecule has 2 aromatic carbocycles. The maximum absolute atomic E-state index is 13.1. The first-order valence-corrected chi connectivity index (χ1v) is 12.4. The van der Waals surface area contributed by atoms with Gasteiger partial charge in [-0.3, -0.25) is 14.2 Å². The highest BCUT2D eigenvalue weighted by molar-refractivity contribution is 7.40. The SMILES string of the molecule is CC(O[PH](=O)[C@@H](CCc1ccccc1)NC(=O)c1ccccc1)C(=O)N1CCC[C@H]1C(=O)O. The van der Waals surface area contributed by atoms with Gasteiger partial charge in [0, 0.05) is 12.1 Å². The number of carboxylic acid groups (broad SMARTS) is 1. The molecule has 4 atom stereocenters. The topological polar surface area (TPSA) is 113 Å². The molecule has 8 nitrogen and oxygen atoms in total. The number of nitrogens with zero attached hydrogens (tertiary/aromatic N) is 1. The van der Waals surface area contributed by atoms with E-state index in [4.69, 9.17) is 4.52 Å². The van der Waals surface area contributed by atoms with E-state index in [9.17, 15) is 24.1 Å². The van der Waals surface area contributed by atoms with Crippen LogP contribution in [0.4, 0.5) is 0 Å². The number of likely N-dealkylation sites (tertiary alicyclic amines) is 1. The number of nitrogens with one attached hydrogen (secondary N) is 1. The average molecular weight is 472 g/mol. The zero-order valence-corrected chi connectivity index (χ0v) is 19.5. The standard InChI is InChI=1S/C24H29N2O6P/c1-17(23(28)26-16-8-13-20(26)24(29)30)32-33(31)21(15-14-18-9-4-2-5-10-18)25-22(27)19-11-6-3-7-12-19/h2-7,9-12,17,20-21,33H,8,13-16H2,1H3,(H,25,27)(H,29,30)/t17?,20-,21-/m0/s1. The van der Waals surface area contributed by atoms with E-state index >= 15 is 0 Å². The van der Waals surface area contributed by atoms with Gasteiger partial charge in [-0.05, 0) is 50.3 Å². The van der Waals surface area contributed by atoms with Crippen LogP contribution < -0.4 is 5.32 Å². The zero-order chi connectivity index (χ0) is 23.8. The van der Waals surface area contributed by atoms with Gasteiger partial charge in [-0.25, -0.2) is 4.79 Å². The van der Waals surface area contributed by atoms with Gasteiger partial charge < -0.3 is 19.8 Å². The Labute approximate surface area is 193 Å². The van der Waals surface area contributed by atoms with Gasteiger partial charge in [-0.2, -0.15) is 0 Å². The van der Waals surface area contributed by atoms with Crippen LogP contribution in [0, 0.1) is 0 Å². The Bertz CT molecular complexity index is 985. The molecule has 0 aromatic heterocycles. The highest BCUT2D eigenvalue weighted by Gasteiger charge is 2.37. The summed E-state index contributed by atoms with van der Waals surface area (Å²) in [6.07, 6.45) is 0.829. The smallest absolute Gasteiger partial charge is 0.326 e. The van der Waals surface area contributed by atoms with Crippen molar-refractivity contribution in [3.63, 3.8) is 0 Å². The Morgan fingerprint density at radius 3 is 2.39 bits per heavy atom. The molecule has 2 N–H and O–H groups in total. The summed E-state index contributed by atoms with van der Waals surface area (Å²) in [5.74, 6) is -2.72. The van der Waals surface area contributed by atoms with Crippen molar-refractivity contribution in [2.75, 3.05) is 6.54 Å². The Morgan fingerprint density at radius 1 is 1.12 bits per heavy atom. The van der Waals surface area contributed by atoms with Crippen molar-refractivity contribution in [1.29, 1.82) is 0 Å². The molecule has 2 aromatic rings. The molecule has 2 unspecified atom stereocenters. The van der Waals surface area contributed by atoms with Crippen LogP contribution >= 0.6 is 8.03 Å². The van der Waals surface area contributed by atoms with Crippen LogP contribution in [-0.2, 0) is 25.1 Å². The van der Waals surface area contributed by atoms with Gasteiger partial charge in [0.15, 0.2) is 0 Å². The zero-order valence-electron chi connectivity index (χ0n) is 18.5. The van der Waals surface area contributed by atoms with E-state index in [1.807, 2.05) is 30.3 Å². The molecule has 1 heterocycles. The minimum absolute atomic E-state index is 0.326. The van der Waals surface area contributed by atoms with Crippen LogP contribution in [0.2, 0.25) is 0 Å². The second-order valence-corrected chi connectivity index (χ2v) is 9.59. The lowest BCUT2D eigenvalue weighted by Crippen LogP contribution is -2.45. The van der Waals surface area contributed by atoms with E-state index in [-0.39, 0.29) is 5.91 Å². The first-order chi connectivity index (χ1) is 15.9. The molecule has 1 saturated heterocycles. The van der Waals surface area contributed by atoms with Crippen LogP contribution in [0.5, 0.6) is 0 Å². The third kappa shape index (κ3) is 6.76. The normalized spacial score (nSPS) is 18.3. The maximum atomic E-state index is 13.1. The van der Waals surface area contributed by atoms with E-state index in [1.54, 1.807) is 30.3 Å². The molecular weight excluding hydrogens is 443 g/mol. The summed E-state index contributed by atoms with van der Waals surface area (Å²) < 4.78 is 18.7. The Balaban J connectivity index is 1.68. The summed E-state index contributed by atoms with van der Waals surface area (Å²) >= 11 is 0. The van der Waals surface area contributed by atoms with E-state index in [2.05, 4.69) is 5.32 Å². The molecule has 0 radical (unpaired) electrons. The molecule has 33 heavy (non-hydrogen) atoms. The third-order valence-electron chi connectivity index (χ3n) is 5.65. The predicted molar refractivity (Wildman–Crippen MR) is 124 cm³/mol. The van der Waals surface area contributed by atoms with Crippen LogP contribution in [0.1, 0.15) is 42.1 Å². The molecule has 176 valence electrons. The second-order valence-electron chi connectivity index (χ2n) is 8.02. The minimum atomic E-state index is -2.89. The van der Waals surface area contributed by atoms with Crippen LogP contribution in [-0.4, -0.2) is 52.3 Å². The largest absolute Gasteiger partial charge is 0.480 e. The summed E-state index contributed by atoms with van der Waals surface area (Å²) in [5.41, 5.74) is 1.46. The highest BCUT2D eigenvalue weighted by atomic mass is 31.1. The minimum Gasteiger partial charge on any atom is -0.480 e. The lowest BCUT2D eigenvalue weighted by atomic mass is 10.1. The number of hydrogen-bond donors (Lipinski definition) is 2. The number of hydrogen-bond acceptors (Lipinski definition) is 5. The number of rotatable bonds is 10. The molecule has 0 saturated carbocycles. The van der Waals surface area contributed by atoms with Crippen molar-refractivity contribution in [2.45, 2.75) is 50.5 Å². The fourth-order valence-electron chi connectivity index (χ4n) is 3.86. The van der Waals surface area contributed by atoms with E-state index in [0.717, 1.165) is 5.56 Å². The Kier molecular flexibility index (Phi) is 8.80. The van der Waals surface area contributed by atoms with Gasteiger partial charge in [0.05, 0.1) is 0 Å². The highest BCUT2D eigenvalue weighted by Crippen LogP contribution is 2.34. The Morgan fingerprint density at radius 2 is 1.76 bits per heavy atom. The first kappa shape index (κ1) is 24.7. The van der Waals surface area contributed by atoms with Gasteiger partial charge in [-0.15, -0.1) is 0 Å². The van der Waals surface area contributed by atoms with Crippen LogP contribution in [0.25, 0.3) is 0 Å². The molecule has 0 aliphatic carbocycles. The van der Waals surface area contributed by atoms with Crippen LogP contribution in [0.3, 0.4) is 0 Å². The summed E-state index contributed by atoms with van der Waals surface area (Å²) in [5, 5.41) is 12.1. The van der Waals surface area contributed by atoms with Crippen molar-refractivity contribution < 1.29 is 28.6 Å². The van der Waals surface area contributed by atoms with E-state index in [1.165, 1.54) is 11.8 Å². The monoisotopic (exact) mass is 472 g/mol. The number of carbonyl (C=O) groups excluding carboxylic acids is 2. The molecule has 0 spiro atoms. The summed E-state index contributed by atoms with van der Waals surface area (Å²) in [6, 6.07) is 17.3. The number of carbonyl (C=O) groups is 3. The van der Waals surface area contributed by atoms with Gasteiger partial charge in [0.2, 0.25) is 8.03 Å². The lowest BCUT2D eigenvalue weighted by molar-refractivity contribution is -0.150. The fraction of sp³-hybridized carbons (Fsp3) is 0.375. The summed E-state index contributed by atoms with van der Waals surface area (Å²) in [7, 11) is -2.89. The summed E-state index contributed by atoms with van der Waals surface area (Å²) in [6.45, 7) is 1.79. The molecule has 9 heteroatoms. The quantitative estimate of drug-likeness (QED) is 0.513. The molecule has 3 rings (SSSR count). The fourth-order valence-corrected chi connectivity index (χ4v) is 5.11. The van der Waals surface area contributed by atoms with Crippen molar-refractivity contribution >= 4 is 25.8 Å². The second kappa shape index (κ2) is 11.8. The van der Waals surface area contributed by atoms with Gasteiger partial charge >= 0.3 is 5.97 Å². The summed E-state index contributed by atoms with van der Waals surface area (Å²) in [4.78, 5) is 38.1. The van der Waals surface area contributed by atoms with Crippen molar-refractivity contribution in [1.82, 2.24) is 10.2 Å². The van der Waals surface area contributed by atoms with Crippen molar-refractivity contribution in [2.24, 2.45) is 0 Å². The number of carboxylic acids is 1. The molecule has 2 amide bonds. The lowest BCUT2D eigenvalue weighted by Gasteiger charge is -2.26. The third-order valence-corrected chi connectivity index (χ3v) is 7.24. The average Bonchev–Trinajstić information content (AvgIpc) is 3.32. The van der Waals surface area contributed by atoms with E-state index in [0.29, 0.717) is 37.8 Å². The molecule has 1 aliphatic heterocycles. The number of aryl methyl sites for hydroxylation is 1. The van der Waals surface area contributed by atoms with Gasteiger partial charge in [0.25, 0.3) is 11.8 Å². The molecule has 1 aliphatic rings. The Hall–Kier alpha value is -2.96. The number of benzene rings is 2. The van der Waals surface area contributed by atoms with Gasteiger partial charge in [-0.1, -0.05) is 48.5 Å². The van der Waals surface area contributed by atoms with E-state index < -0.39 is 37.8 Å². The van der Waals surface area contributed by atoms with Crippen molar-refractivity contribution in [3.8, 4) is 0 Å².